The minimum Gasteiger partial charge on any atom is -0.337 e. The Morgan fingerprint density at radius 2 is 1.92 bits per heavy atom. The second kappa shape index (κ2) is 6.62. The minimum atomic E-state index is -3.94. The molecule has 1 fully saturated rings. The first-order chi connectivity index (χ1) is 11.8. The molecular formula is C16H23N5O3S. The smallest absolute Gasteiger partial charge is 0.337 e. The Kier molecular flexibility index (Phi) is 4.68. The van der Waals surface area contributed by atoms with Gasteiger partial charge in [-0.3, -0.25) is 9.48 Å². The summed E-state index contributed by atoms with van der Waals surface area (Å²) in [5, 5.41) is 4.24. The Balaban J connectivity index is 2.02. The molecule has 0 unspecified atom stereocenters. The van der Waals surface area contributed by atoms with E-state index in [9.17, 15) is 13.2 Å². The zero-order valence-electron chi connectivity index (χ0n) is 14.8. The molecule has 0 bridgehead atoms. The maximum Gasteiger partial charge on any atom is 0.345 e. The van der Waals surface area contributed by atoms with Crippen LogP contribution in [0.3, 0.4) is 0 Å². The molecule has 0 radical (unpaired) electrons. The molecule has 9 heteroatoms. The summed E-state index contributed by atoms with van der Waals surface area (Å²) in [6.07, 6.45) is 6.14. The fourth-order valence-electron chi connectivity index (χ4n) is 3.16. The van der Waals surface area contributed by atoms with E-state index in [-0.39, 0.29) is 17.3 Å². The predicted octanol–water partition coefficient (Wildman–Crippen LogP) is 1.09. The fourth-order valence-corrected chi connectivity index (χ4v) is 4.06. The number of allylic oxidation sites excluding steroid dienone is 1. The van der Waals surface area contributed by atoms with Crippen molar-refractivity contribution in [3.05, 3.63) is 29.2 Å². The number of carbonyl (C=O) groups excluding carboxylic acids is 1. The molecule has 0 aromatic carbocycles. The molecule has 3 heterocycles. The van der Waals surface area contributed by atoms with Gasteiger partial charge in [0.05, 0.1) is 11.9 Å². The van der Waals surface area contributed by atoms with Crippen molar-refractivity contribution in [1.82, 2.24) is 19.0 Å². The van der Waals surface area contributed by atoms with Gasteiger partial charge in [0.1, 0.15) is 5.70 Å². The van der Waals surface area contributed by atoms with E-state index in [0.29, 0.717) is 25.2 Å². The monoisotopic (exact) mass is 365 g/mol. The number of rotatable bonds is 3. The number of likely N-dealkylation sites (N-methyl/N-ethyl adjacent to an activating group) is 1. The van der Waals surface area contributed by atoms with Gasteiger partial charge in [0.15, 0.2) is 0 Å². The van der Waals surface area contributed by atoms with Crippen molar-refractivity contribution in [2.45, 2.75) is 39.7 Å². The highest BCUT2D eigenvalue weighted by Gasteiger charge is 2.33. The SMILES string of the molecule is CCn1ncc(C2=NS(=O)(=O)N(C)C(C(=O)N3CCCCC3)=C2)c1C. The highest BCUT2D eigenvalue weighted by Crippen LogP contribution is 2.23. The van der Waals surface area contributed by atoms with Crippen LogP contribution in [0.5, 0.6) is 0 Å². The third kappa shape index (κ3) is 3.20. The third-order valence-electron chi connectivity index (χ3n) is 4.71. The number of piperidine rings is 1. The van der Waals surface area contributed by atoms with Gasteiger partial charge in [0.25, 0.3) is 5.91 Å². The lowest BCUT2D eigenvalue weighted by Gasteiger charge is -2.31. The zero-order chi connectivity index (χ0) is 18.2. The van der Waals surface area contributed by atoms with Gasteiger partial charge in [-0.25, -0.2) is 4.31 Å². The molecule has 2 aliphatic heterocycles. The second-order valence-electron chi connectivity index (χ2n) is 6.26. The molecule has 25 heavy (non-hydrogen) atoms. The van der Waals surface area contributed by atoms with Crippen LogP contribution in [0.4, 0.5) is 0 Å². The summed E-state index contributed by atoms with van der Waals surface area (Å²) in [5.74, 6) is -0.265. The lowest BCUT2D eigenvalue weighted by atomic mass is 10.1. The molecule has 2 aliphatic rings. The molecule has 0 spiro atoms. The van der Waals surface area contributed by atoms with Crippen molar-refractivity contribution < 1.29 is 13.2 Å². The number of aromatic nitrogens is 2. The van der Waals surface area contributed by atoms with E-state index in [1.165, 1.54) is 7.05 Å². The topological polar surface area (TPSA) is 87.9 Å². The van der Waals surface area contributed by atoms with E-state index in [0.717, 1.165) is 29.3 Å². The summed E-state index contributed by atoms with van der Waals surface area (Å²) in [6.45, 7) is 5.80. The predicted molar refractivity (Wildman–Crippen MR) is 94.4 cm³/mol. The van der Waals surface area contributed by atoms with Crippen LogP contribution in [0, 0.1) is 6.92 Å². The second-order valence-corrected chi connectivity index (χ2v) is 7.89. The first-order valence-corrected chi connectivity index (χ1v) is 9.87. The summed E-state index contributed by atoms with van der Waals surface area (Å²) >= 11 is 0. The normalized spacial score (nSPS) is 20.3. The van der Waals surface area contributed by atoms with Gasteiger partial charge in [-0.05, 0) is 39.2 Å². The van der Waals surface area contributed by atoms with E-state index in [1.54, 1.807) is 21.9 Å². The van der Waals surface area contributed by atoms with Crippen LogP contribution >= 0.6 is 0 Å². The van der Waals surface area contributed by atoms with Crippen LogP contribution in [0.1, 0.15) is 37.4 Å². The molecule has 1 aromatic heterocycles. The van der Waals surface area contributed by atoms with E-state index < -0.39 is 10.2 Å². The number of likely N-dealkylation sites (tertiary alicyclic amines) is 1. The van der Waals surface area contributed by atoms with Gasteiger partial charge >= 0.3 is 10.2 Å². The molecule has 1 aromatic rings. The van der Waals surface area contributed by atoms with Crippen LogP contribution in [0.25, 0.3) is 0 Å². The van der Waals surface area contributed by atoms with Crippen LogP contribution in [0.2, 0.25) is 0 Å². The lowest BCUT2D eigenvalue weighted by molar-refractivity contribution is -0.129. The largest absolute Gasteiger partial charge is 0.345 e. The first kappa shape index (κ1) is 17.7. The summed E-state index contributed by atoms with van der Waals surface area (Å²) in [6, 6.07) is 0. The average molecular weight is 365 g/mol. The maximum atomic E-state index is 12.9. The highest BCUT2D eigenvalue weighted by atomic mass is 32.2. The fraction of sp³-hybridized carbons (Fsp3) is 0.562. The van der Waals surface area contributed by atoms with E-state index in [1.807, 2.05) is 13.8 Å². The van der Waals surface area contributed by atoms with E-state index in [2.05, 4.69) is 9.50 Å². The van der Waals surface area contributed by atoms with Crippen LogP contribution < -0.4 is 0 Å². The number of carbonyl (C=O) groups is 1. The van der Waals surface area contributed by atoms with Crippen LogP contribution in [-0.2, 0) is 21.5 Å². The molecule has 0 saturated carbocycles. The van der Waals surface area contributed by atoms with Gasteiger partial charge in [0, 0.05) is 37.9 Å². The van der Waals surface area contributed by atoms with Crippen molar-refractivity contribution in [2.75, 3.05) is 20.1 Å². The van der Waals surface area contributed by atoms with Gasteiger partial charge in [-0.15, -0.1) is 4.40 Å². The summed E-state index contributed by atoms with van der Waals surface area (Å²) in [5.41, 5.74) is 1.84. The molecule has 3 rings (SSSR count). The summed E-state index contributed by atoms with van der Waals surface area (Å²) in [7, 11) is -2.57. The zero-order valence-corrected chi connectivity index (χ0v) is 15.6. The minimum absolute atomic E-state index is 0.135. The van der Waals surface area contributed by atoms with Crippen molar-refractivity contribution in [3.8, 4) is 0 Å². The molecule has 0 N–H and O–H groups in total. The van der Waals surface area contributed by atoms with Gasteiger partial charge < -0.3 is 4.90 Å². The molecule has 136 valence electrons. The molecule has 1 saturated heterocycles. The maximum absolute atomic E-state index is 12.9. The molecule has 8 nitrogen and oxygen atoms in total. The van der Waals surface area contributed by atoms with Gasteiger partial charge in [-0.2, -0.15) is 13.5 Å². The third-order valence-corrected chi connectivity index (χ3v) is 6.03. The van der Waals surface area contributed by atoms with E-state index in [4.69, 9.17) is 0 Å². The average Bonchev–Trinajstić information content (AvgIpc) is 2.98. The Labute approximate surface area is 148 Å². The Hall–Kier alpha value is -2.16. The molecule has 0 aliphatic carbocycles. The molecule has 1 amide bonds. The lowest BCUT2D eigenvalue weighted by Crippen LogP contribution is -2.43. The number of nitrogens with zero attached hydrogens (tertiary/aromatic N) is 5. The highest BCUT2D eigenvalue weighted by molar-refractivity contribution is 7.88. The number of hydrogen-bond acceptors (Lipinski definition) is 4. The quantitative estimate of drug-likeness (QED) is 0.802. The Morgan fingerprint density at radius 3 is 2.52 bits per heavy atom. The first-order valence-electron chi connectivity index (χ1n) is 8.47. The van der Waals surface area contributed by atoms with Crippen molar-refractivity contribution >= 4 is 21.8 Å². The van der Waals surface area contributed by atoms with Crippen molar-refractivity contribution in [3.63, 3.8) is 0 Å². The number of hydrogen-bond donors (Lipinski definition) is 0. The summed E-state index contributed by atoms with van der Waals surface area (Å²) in [4.78, 5) is 14.6. The Morgan fingerprint density at radius 1 is 1.24 bits per heavy atom. The van der Waals surface area contributed by atoms with Crippen LogP contribution in [-0.4, -0.2) is 59.2 Å². The van der Waals surface area contributed by atoms with Gasteiger partial charge in [0.2, 0.25) is 0 Å². The van der Waals surface area contributed by atoms with Gasteiger partial charge in [-0.1, -0.05) is 0 Å². The standard InChI is InChI=1S/C16H23N5O3S/c1-4-21-12(2)13(11-17-21)14-10-15(19(3)25(23,24)18-14)16(22)20-8-6-5-7-9-20/h10-11H,4-9H2,1-3H3. The molecular weight excluding hydrogens is 342 g/mol. The number of aryl methyl sites for hydroxylation is 1. The van der Waals surface area contributed by atoms with Crippen LogP contribution in [0.15, 0.2) is 22.4 Å². The van der Waals surface area contributed by atoms with Crippen molar-refractivity contribution in [2.24, 2.45) is 4.40 Å². The summed E-state index contributed by atoms with van der Waals surface area (Å²) < 4.78 is 31.5. The number of amides is 1. The van der Waals surface area contributed by atoms with E-state index >= 15 is 0 Å². The van der Waals surface area contributed by atoms with Crippen molar-refractivity contribution in [1.29, 1.82) is 0 Å². The molecule has 0 atom stereocenters. The Bertz CT molecular complexity index is 847.